The second kappa shape index (κ2) is 6.67. The van der Waals surface area contributed by atoms with E-state index in [0.29, 0.717) is 11.9 Å². The summed E-state index contributed by atoms with van der Waals surface area (Å²) in [6.07, 6.45) is 8.37. The molecule has 1 amide bonds. The molecule has 2 aliphatic heterocycles. The van der Waals surface area contributed by atoms with Gasteiger partial charge in [0.15, 0.2) is 0 Å². The van der Waals surface area contributed by atoms with Crippen LogP contribution in [0.1, 0.15) is 57.2 Å². The Morgan fingerprint density at radius 1 is 1.36 bits per heavy atom. The van der Waals surface area contributed by atoms with Crippen LogP contribution in [-0.2, 0) is 11.3 Å². The number of amides is 1. The van der Waals surface area contributed by atoms with Crippen molar-refractivity contribution in [3.05, 3.63) is 16.6 Å². The lowest BCUT2D eigenvalue weighted by Crippen LogP contribution is -2.46. The molecule has 2 aliphatic rings. The van der Waals surface area contributed by atoms with Crippen LogP contribution in [0.4, 0.5) is 0 Å². The minimum atomic E-state index is 0.100. The Balaban J connectivity index is 1.74. The first-order valence-corrected chi connectivity index (χ1v) is 9.44. The van der Waals surface area contributed by atoms with Crippen LogP contribution >= 0.6 is 11.3 Å². The molecular weight excluding hydrogens is 294 g/mol. The highest BCUT2D eigenvalue weighted by atomic mass is 32.1. The SMILES string of the molecule is CC[C@H](C)N1CCC[C@@]2(CCC(=O)N2Cc2cncs2)CC1. The summed E-state index contributed by atoms with van der Waals surface area (Å²) in [5.74, 6) is 0.338. The topological polar surface area (TPSA) is 36.4 Å². The molecule has 3 heterocycles. The second-order valence-electron chi connectivity index (χ2n) is 6.82. The highest BCUT2D eigenvalue weighted by Crippen LogP contribution is 2.40. The zero-order valence-corrected chi connectivity index (χ0v) is 14.6. The standard InChI is InChI=1S/C17H27N3OS/c1-3-14(2)19-9-4-6-17(8-10-19)7-5-16(21)20(17)12-15-11-18-13-22-15/h11,13-14H,3-10,12H2,1-2H3/t14-,17+/m0/s1. The molecule has 3 rings (SSSR count). The summed E-state index contributed by atoms with van der Waals surface area (Å²) in [4.78, 5) is 22.6. The van der Waals surface area contributed by atoms with Crippen LogP contribution in [0, 0.1) is 0 Å². The van der Waals surface area contributed by atoms with Gasteiger partial charge in [-0.3, -0.25) is 9.78 Å². The molecule has 0 bridgehead atoms. The van der Waals surface area contributed by atoms with Crippen LogP contribution in [0.25, 0.3) is 0 Å². The Bertz CT molecular complexity index is 504. The van der Waals surface area contributed by atoms with Crippen molar-refractivity contribution in [3.8, 4) is 0 Å². The van der Waals surface area contributed by atoms with E-state index in [4.69, 9.17) is 0 Å². The van der Waals surface area contributed by atoms with Crippen molar-refractivity contribution in [1.29, 1.82) is 0 Å². The molecule has 0 N–H and O–H groups in total. The maximum atomic E-state index is 12.5. The monoisotopic (exact) mass is 321 g/mol. The average Bonchev–Trinajstić information content (AvgIpc) is 3.07. The fourth-order valence-corrected chi connectivity index (χ4v) is 4.61. The lowest BCUT2D eigenvalue weighted by molar-refractivity contribution is -0.132. The third-order valence-electron chi connectivity index (χ3n) is 5.64. The van der Waals surface area contributed by atoms with Crippen molar-refractivity contribution in [3.63, 3.8) is 0 Å². The van der Waals surface area contributed by atoms with Gasteiger partial charge >= 0.3 is 0 Å². The van der Waals surface area contributed by atoms with E-state index in [9.17, 15) is 4.79 Å². The Kier molecular flexibility index (Phi) is 4.83. The molecule has 1 aromatic heterocycles. The van der Waals surface area contributed by atoms with Gasteiger partial charge in [0.05, 0.1) is 12.1 Å². The van der Waals surface area contributed by atoms with E-state index < -0.39 is 0 Å². The predicted octanol–water partition coefficient (Wildman–Crippen LogP) is 3.29. The van der Waals surface area contributed by atoms with Crippen LogP contribution in [0.3, 0.4) is 0 Å². The average molecular weight is 321 g/mol. The van der Waals surface area contributed by atoms with Crippen LogP contribution in [-0.4, -0.2) is 45.4 Å². The van der Waals surface area contributed by atoms with Crippen LogP contribution in [0.2, 0.25) is 0 Å². The predicted molar refractivity (Wildman–Crippen MR) is 89.8 cm³/mol. The smallest absolute Gasteiger partial charge is 0.223 e. The van der Waals surface area contributed by atoms with Crippen molar-refractivity contribution in [1.82, 2.24) is 14.8 Å². The van der Waals surface area contributed by atoms with E-state index in [1.165, 1.54) is 24.3 Å². The lowest BCUT2D eigenvalue weighted by atomic mass is 9.87. The molecule has 0 aromatic carbocycles. The van der Waals surface area contributed by atoms with Gasteiger partial charge in [-0.15, -0.1) is 11.3 Å². The summed E-state index contributed by atoms with van der Waals surface area (Å²) in [6.45, 7) is 7.65. The van der Waals surface area contributed by atoms with E-state index >= 15 is 0 Å². The summed E-state index contributed by atoms with van der Waals surface area (Å²) < 4.78 is 0. The number of aromatic nitrogens is 1. The zero-order chi connectivity index (χ0) is 15.6. The fraction of sp³-hybridized carbons (Fsp3) is 0.765. The molecule has 0 aliphatic carbocycles. The summed E-state index contributed by atoms with van der Waals surface area (Å²) in [6, 6.07) is 0.655. The van der Waals surface area contributed by atoms with Crippen LogP contribution in [0.15, 0.2) is 11.7 Å². The molecule has 2 fully saturated rings. The number of nitrogens with zero attached hydrogens (tertiary/aromatic N) is 3. The first-order chi connectivity index (χ1) is 10.6. The minimum Gasteiger partial charge on any atom is -0.332 e. The maximum Gasteiger partial charge on any atom is 0.223 e. The van der Waals surface area contributed by atoms with Crippen molar-refractivity contribution < 1.29 is 4.79 Å². The largest absolute Gasteiger partial charge is 0.332 e. The molecule has 5 heteroatoms. The molecule has 0 unspecified atom stereocenters. The van der Waals surface area contributed by atoms with Gasteiger partial charge in [-0.2, -0.15) is 0 Å². The molecule has 1 spiro atoms. The molecule has 2 atom stereocenters. The van der Waals surface area contributed by atoms with E-state index in [2.05, 4.69) is 28.6 Å². The summed E-state index contributed by atoms with van der Waals surface area (Å²) in [5, 5.41) is 0. The second-order valence-corrected chi connectivity index (χ2v) is 7.79. The van der Waals surface area contributed by atoms with Gasteiger partial charge in [0, 0.05) is 35.6 Å². The fourth-order valence-electron chi connectivity index (χ4n) is 4.02. The van der Waals surface area contributed by atoms with Gasteiger partial charge in [-0.1, -0.05) is 6.92 Å². The third kappa shape index (κ3) is 3.06. The Morgan fingerprint density at radius 2 is 2.23 bits per heavy atom. The summed E-state index contributed by atoms with van der Waals surface area (Å²) >= 11 is 1.66. The van der Waals surface area contributed by atoms with Crippen molar-refractivity contribution in [2.75, 3.05) is 13.1 Å². The van der Waals surface area contributed by atoms with Gasteiger partial charge in [0.1, 0.15) is 0 Å². The minimum absolute atomic E-state index is 0.100. The van der Waals surface area contributed by atoms with Gasteiger partial charge in [0.2, 0.25) is 5.91 Å². The summed E-state index contributed by atoms with van der Waals surface area (Å²) in [7, 11) is 0. The van der Waals surface area contributed by atoms with Gasteiger partial charge in [0.25, 0.3) is 0 Å². The molecule has 0 saturated carbocycles. The molecule has 122 valence electrons. The number of likely N-dealkylation sites (tertiary alicyclic amines) is 2. The van der Waals surface area contributed by atoms with E-state index in [1.54, 1.807) is 11.3 Å². The van der Waals surface area contributed by atoms with Gasteiger partial charge < -0.3 is 9.80 Å². The number of carbonyl (C=O) groups excluding carboxylic acids is 1. The van der Waals surface area contributed by atoms with Crippen LogP contribution in [0.5, 0.6) is 0 Å². The first kappa shape index (κ1) is 15.9. The van der Waals surface area contributed by atoms with Gasteiger partial charge in [-0.05, 0) is 45.6 Å². The molecule has 0 radical (unpaired) electrons. The number of hydrogen-bond donors (Lipinski definition) is 0. The molecule has 4 nitrogen and oxygen atoms in total. The van der Waals surface area contributed by atoms with E-state index in [0.717, 1.165) is 38.8 Å². The van der Waals surface area contributed by atoms with Crippen LogP contribution < -0.4 is 0 Å². The van der Waals surface area contributed by atoms with Crippen molar-refractivity contribution in [2.45, 2.75) is 70.5 Å². The molecular formula is C17H27N3OS. The van der Waals surface area contributed by atoms with Crippen molar-refractivity contribution in [2.24, 2.45) is 0 Å². The lowest BCUT2D eigenvalue weighted by Gasteiger charge is -2.38. The Morgan fingerprint density at radius 3 is 2.95 bits per heavy atom. The van der Waals surface area contributed by atoms with E-state index in [1.807, 2.05) is 11.7 Å². The van der Waals surface area contributed by atoms with E-state index in [-0.39, 0.29) is 5.54 Å². The van der Waals surface area contributed by atoms with Crippen molar-refractivity contribution >= 4 is 17.2 Å². The maximum absolute atomic E-state index is 12.5. The first-order valence-electron chi connectivity index (χ1n) is 8.56. The third-order valence-corrected chi connectivity index (χ3v) is 6.41. The number of rotatable bonds is 4. The normalized spacial score (nSPS) is 28.3. The Hall–Kier alpha value is -0.940. The molecule has 1 aromatic rings. The van der Waals surface area contributed by atoms with Gasteiger partial charge in [-0.25, -0.2) is 0 Å². The zero-order valence-electron chi connectivity index (χ0n) is 13.8. The number of carbonyl (C=O) groups is 1. The quantitative estimate of drug-likeness (QED) is 0.854. The molecule has 2 saturated heterocycles. The molecule has 22 heavy (non-hydrogen) atoms. The number of thiazole rings is 1. The highest BCUT2D eigenvalue weighted by Gasteiger charge is 2.45. The Labute approximate surface area is 137 Å². The number of hydrogen-bond acceptors (Lipinski definition) is 4. The summed E-state index contributed by atoms with van der Waals surface area (Å²) in [5.41, 5.74) is 1.96. The highest BCUT2D eigenvalue weighted by molar-refractivity contribution is 7.09.